The number of carbonyl (C=O) groups excluding carboxylic acids is 1. The highest BCUT2D eigenvalue weighted by atomic mass is 35.5. The molecule has 0 heterocycles. The van der Waals surface area contributed by atoms with Crippen molar-refractivity contribution in [3.8, 4) is 5.75 Å². The van der Waals surface area contributed by atoms with Crippen LogP contribution in [0.1, 0.15) is 11.1 Å². The molecule has 6 heteroatoms. The number of carbonyl (C=O) groups is 1. The van der Waals surface area contributed by atoms with E-state index in [0.717, 1.165) is 16.1 Å². The van der Waals surface area contributed by atoms with Gasteiger partial charge in [0, 0.05) is 17.4 Å². The van der Waals surface area contributed by atoms with Gasteiger partial charge in [-0.2, -0.15) is 0 Å². The van der Waals surface area contributed by atoms with Crippen molar-refractivity contribution in [3.05, 3.63) is 28.3 Å². The number of halogens is 2. The van der Waals surface area contributed by atoms with Gasteiger partial charge in [0.25, 0.3) is 0 Å². The number of hydrogen-bond acceptors (Lipinski definition) is 2. The van der Waals surface area contributed by atoms with E-state index in [2.05, 4.69) is 10.6 Å². The minimum atomic E-state index is -0.307. The fraction of sp³-hybridized carbons (Fsp3) is 0.417. The van der Waals surface area contributed by atoms with Gasteiger partial charge in [0.05, 0.1) is 0 Å². The van der Waals surface area contributed by atoms with Crippen LogP contribution in [0.4, 0.5) is 4.79 Å². The van der Waals surface area contributed by atoms with E-state index in [0.29, 0.717) is 18.2 Å². The average Bonchev–Trinajstić information content (AvgIpc) is 2.33. The fourth-order valence-electron chi connectivity index (χ4n) is 1.40. The number of ether oxygens (including phenoxy) is 1. The molecule has 1 aromatic rings. The molecule has 0 bridgehead atoms. The summed E-state index contributed by atoms with van der Waals surface area (Å²) in [6.07, 6.45) is 0. The number of amides is 2. The van der Waals surface area contributed by atoms with Gasteiger partial charge in [0.15, 0.2) is 6.73 Å². The zero-order chi connectivity index (χ0) is 13.5. The maximum atomic E-state index is 11.2. The topological polar surface area (TPSA) is 50.4 Å². The van der Waals surface area contributed by atoms with Crippen LogP contribution < -0.4 is 15.4 Å². The van der Waals surface area contributed by atoms with Gasteiger partial charge in [-0.15, -0.1) is 11.6 Å². The summed E-state index contributed by atoms with van der Waals surface area (Å²) < 4.78 is 5.41. The van der Waals surface area contributed by atoms with E-state index in [-0.39, 0.29) is 12.8 Å². The Kier molecular flexibility index (Phi) is 6.09. The van der Waals surface area contributed by atoms with E-state index in [9.17, 15) is 4.79 Å². The average molecular weight is 291 g/mol. The minimum absolute atomic E-state index is 0.0919. The zero-order valence-electron chi connectivity index (χ0n) is 10.3. The minimum Gasteiger partial charge on any atom is -0.473 e. The third-order valence-corrected chi connectivity index (χ3v) is 3.05. The van der Waals surface area contributed by atoms with E-state index in [1.54, 1.807) is 0 Å². The second-order valence-corrected chi connectivity index (χ2v) is 4.54. The summed E-state index contributed by atoms with van der Waals surface area (Å²) in [4.78, 5) is 11.2. The molecule has 0 fully saturated rings. The second-order valence-electron chi connectivity index (χ2n) is 3.78. The third kappa shape index (κ3) is 4.63. The quantitative estimate of drug-likeness (QED) is 0.647. The first kappa shape index (κ1) is 14.9. The molecule has 0 saturated carbocycles. The Morgan fingerprint density at radius 2 is 1.89 bits per heavy atom. The first-order valence-electron chi connectivity index (χ1n) is 5.51. The Morgan fingerprint density at radius 3 is 2.44 bits per heavy atom. The highest BCUT2D eigenvalue weighted by Gasteiger charge is 2.04. The molecular weight excluding hydrogens is 275 g/mol. The molecule has 100 valence electrons. The van der Waals surface area contributed by atoms with Crippen LogP contribution in [-0.2, 0) is 0 Å². The Balaban J connectivity index is 2.42. The number of benzene rings is 1. The Labute approximate surface area is 117 Å². The largest absolute Gasteiger partial charge is 0.473 e. The molecule has 4 nitrogen and oxygen atoms in total. The molecule has 2 N–H and O–H groups in total. The SMILES string of the molecule is Cc1cc(OCNC(=O)NCCCl)cc(C)c1Cl. The predicted octanol–water partition coefficient (Wildman–Crippen LogP) is 2.83. The lowest BCUT2D eigenvalue weighted by Crippen LogP contribution is -2.38. The number of alkyl halides is 1. The fourth-order valence-corrected chi connectivity index (χ4v) is 1.60. The Bertz CT molecular complexity index is 402. The highest BCUT2D eigenvalue weighted by molar-refractivity contribution is 6.32. The number of rotatable bonds is 5. The molecule has 0 radical (unpaired) electrons. The molecule has 0 aliphatic heterocycles. The standard InChI is InChI=1S/C12H16Cl2N2O2/c1-8-5-10(6-9(2)11(8)14)18-7-16-12(17)15-4-3-13/h5-6H,3-4,7H2,1-2H3,(H2,15,16,17). The summed E-state index contributed by atoms with van der Waals surface area (Å²) in [5, 5.41) is 5.85. The molecule has 0 aliphatic rings. The van der Waals surface area contributed by atoms with Crippen LogP contribution in [0, 0.1) is 13.8 Å². The summed E-state index contributed by atoms with van der Waals surface area (Å²) in [7, 11) is 0. The van der Waals surface area contributed by atoms with Gasteiger partial charge >= 0.3 is 6.03 Å². The molecule has 0 aliphatic carbocycles. The molecule has 18 heavy (non-hydrogen) atoms. The maximum Gasteiger partial charge on any atom is 0.317 e. The van der Waals surface area contributed by atoms with Crippen molar-refractivity contribution in [2.24, 2.45) is 0 Å². The van der Waals surface area contributed by atoms with Gasteiger partial charge in [0.2, 0.25) is 0 Å². The van der Waals surface area contributed by atoms with Crippen LogP contribution in [0.5, 0.6) is 5.75 Å². The van der Waals surface area contributed by atoms with Crippen molar-refractivity contribution >= 4 is 29.2 Å². The van der Waals surface area contributed by atoms with Crippen LogP contribution in [0.3, 0.4) is 0 Å². The van der Waals surface area contributed by atoms with Crippen molar-refractivity contribution in [2.75, 3.05) is 19.2 Å². The summed E-state index contributed by atoms with van der Waals surface area (Å²) in [5.74, 6) is 1.05. The van der Waals surface area contributed by atoms with Crippen molar-refractivity contribution in [3.63, 3.8) is 0 Å². The van der Waals surface area contributed by atoms with E-state index in [1.165, 1.54) is 0 Å². The number of hydrogen-bond donors (Lipinski definition) is 2. The lowest BCUT2D eigenvalue weighted by atomic mass is 10.1. The summed E-state index contributed by atoms with van der Waals surface area (Å²) in [6.45, 7) is 4.33. The molecule has 0 atom stereocenters. The van der Waals surface area contributed by atoms with Gasteiger partial charge in [-0.1, -0.05) is 11.6 Å². The van der Waals surface area contributed by atoms with Crippen molar-refractivity contribution in [1.29, 1.82) is 0 Å². The number of urea groups is 1. The molecule has 2 amide bonds. The highest BCUT2D eigenvalue weighted by Crippen LogP contribution is 2.25. The molecular formula is C12H16Cl2N2O2. The van der Waals surface area contributed by atoms with Gasteiger partial charge in [-0.3, -0.25) is 0 Å². The van der Waals surface area contributed by atoms with Crippen molar-refractivity contribution < 1.29 is 9.53 Å². The van der Waals surface area contributed by atoms with Crippen LogP contribution in [0.15, 0.2) is 12.1 Å². The first-order chi connectivity index (χ1) is 8.54. The van der Waals surface area contributed by atoms with Crippen LogP contribution in [-0.4, -0.2) is 25.2 Å². The zero-order valence-corrected chi connectivity index (χ0v) is 11.9. The third-order valence-electron chi connectivity index (χ3n) is 2.26. The monoisotopic (exact) mass is 290 g/mol. The normalized spacial score (nSPS) is 10.0. The van der Waals surface area contributed by atoms with Gasteiger partial charge in [0.1, 0.15) is 5.75 Å². The lowest BCUT2D eigenvalue weighted by Gasteiger charge is -2.11. The number of nitrogens with one attached hydrogen (secondary N) is 2. The maximum absolute atomic E-state index is 11.2. The van der Waals surface area contributed by atoms with Crippen molar-refractivity contribution in [1.82, 2.24) is 10.6 Å². The van der Waals surface area contributed by atoms with E-state index >= 15 is 0 Å². The second kappa shape index (κ2) is 7.34. The molecule has 0 aromatic heterocycles. The number of aryl methyl sites for hydroxylation is 2. The van der Waals surface area contributed by atoms with E-state index in [1.807, 2.05) is 26.0 Å². The molecule has 0 unspecified atom stereocenters. The van der Waals surface area contributed by atoms with Crippen LogP contribution in [0.2, 0.25) is 5.02 Å². The first-order valence-corrected chi connectivity index (χ1v) is 6.43. The van der Waals surface area contributed by atoms with Gasteiger partial charge in [-0.05, 0) is 37.1 Å². The van der Waals surface area contributed by atoms with Crippen LogP contribution >= 0.6 is 23.2 Å². The van der Waals surface area contributed by atoms with Crippen LogP contribution in [0.25, 0.3) is 0 Å². The molecule has 0 saturated heterocycles. The van der Waals surface area contributed by atoms with E-state index < -0.39 is 0 Å². The summed E-state index contributed by atoms with van der Waals surface area (Å²) in [5.41, 5.74) is 1.89. The summed E-state index contributed by atoms with van der Waals surface area (Å²) >= 11 is 11.5. The molecule has 0 spiro atoms. The van der Waals surface area contributed by atoms with Gasteiger partial charge < -0.3 is 15.4 Å². The smallest absolute Gasteiger partial charge is 0.317 e. The Morgan fingerprint density at radius 1 is 1.28 bits per heavy atom. The predicted molar refractivity (Wildman–Crippen MR) is 73.7 cm³/mol. The lowest BCUT2D eigenvalue weighted by molar-refractivity contribution is 0.224. The molecule has 1 aromatic carbocycles. The van der Waals surface area contributed by atoms with Crippen molar-refractivity contribution in [2.45, 2.75) is 13.8 Å². The van der Waals surface area contributed by atoms with Gasteiger partial charge in [-0.25, -0.2) is 4.79 Å². The summed E-state index contributed by atoms with van der Waals surface area (Å²) in [6, 6.07) is 3.35. The molecule has 1 rings (SSSR count). The Hall–Kier alpha value is -1.13. The van der Waals surface area contributed by atoms with E-state index in [4.69, 9.17) is 27.9 Å².